The van der Waals surface area contributed by atoms with Crippen LogP contribution in [0.2, 0.25) is 0 Å². The number of nitrogens with zero attached hydrogens (tertiary/aromatic N) is 1. The standard InChI is InChI=1S/C22H28N2O5S/c1-5-13-24-19-12-7-16(14-20(19)29-15-22(3,4)21(24)25)23-30(26,27)18-10-8-17(9-11-18)28-6-2/h7-12,14,23H,5-6,13,15H2,1-4H3. The molecule has 1 aliphatic rings. The summed E-state index contributed by atoms with van der Waals surface area (Å²) in [4.78, 5) is 14.8. The SMILES string of the molecule is CCCN1C(=O)C(C)(C)COc2cc(NS(=O)(=O)c3ccc(OCC)cc3)ccc21. The van der Waals surface area contributed by atoms with Gasteiger partial charge in [-0.05, 0) is 63.6 Å². The summed E-state index contributed by atoms with van der Waals surface area (Å²) in [6, 6.07) is 11.2. The highest BCUT2D eigenvalue weighted by Gasteiger charge is 2.37. The minimum Gasteiger partial charge on any atom is -0.494 e. The molecular formula is C22H28N2O5S. The van der Waals surface area contributed by atoms with Gasteiger partial charge in [-0.25, -0.2) is 8.42 Å². The van der Waals surface area contributed by atoms with E-state index >= 15 is 0 Å². The Morgan fingerprint density at radius 3 is 2.47 bits per heavy atom. The molecule has 0 unspecified atom stereocenters. The minimum absolute atomic E-state index is 0.00850. The molecule has 0 radical (unpaired) electrons. The number of rotatable bonds is 7. The quantitative estimate of drug-likeness (QED) is 0.714. The van der Waals surface area contributed by atoms with Crippen LogP contribution in [0, 0.1) is 5.41 Å². The first-order valence-electron chi connectivity index (χ1n) is 10.0. The fraction of sp³-hybridized carbons (Fsp3) is 0.409. The Balaban J connectivity index is 1.89. The van der Waals surface area contributed by atoms with E-state index < -0.39 is 15.4 Å². The lowest BCUT2D eigenvalue weighted by atomic mass is 9.93. The smallest absolute Gasteiger partial charge is 0.261 e. The molecule has 1 amide bonds. The van der Waals surface area contributed by atoms with Crippen LogP contribution in [-0.2, 0) is 14.8 Å². The number of hydrogen-bond donors (Lipinski definition) is 1. The summed E-state index contributed by atoms with van der Waals surface area (Å²) in [6.07, 6.45) is 0.799. The molecule has 0 aliphatic carbocycles. The predicted octanol–water partition coefficient (Wildman–Crippen LogP) is 4.05. The van der Waals surface area contributed by atoms with Crippen molar-refractivity contribution in [1.29, 1.82) is 0 Å². The summed E-state index contributed by atoms with van der Waals surface area (Å²) in [6.45, 7) is 8.85. The van der Waals surface area contributed by atoms with E-state index in [1.807, 2.05) is 27.7 Å². The van der Waals surface area contributed by atoms with Crippen molar-refractivity contribution < 1.29 is 22.7 Å². The highest BCUT2D eigenvalue weighted by molar-refractivity contribution is 7.92. The number of carbonyl (C=O) groups is 1. The maximum Gasteiger partial charge on any atom is 0.261 e. The second-order valence-electron chi connectivity index (χ2n) is 7.82. The van der Waals surface area contributed by atoms with Crippen LogP contribution in [-0.4, -0.2) is 34.1 Å². The highest BCUT2D eigenvalue weighted by Crippen LogP contribution is 2.38. The average Bonchev–Trinajstić information content (AvgIpc) is 2.79. The molecule has 0 aromatic heterocycles. The minimum atomic E-state index is -3.78. The lowest BCUT2D eigenvalue weighted by Crippen LogP contribution is -2.42. The molecule has 1 N–H and O–H groups in total. The summed E-state index contributed by atoms with van der Waals surface area (Å²) in [5.41, 5.74) is 0.346. The van der Waals surface area contributed by atoms with E-state index in [1.54, 1.807) is 35.2 Å². The molecule has 0 saturated heterocycles. The van der Waals surface area contributed by atoms with Crippen LogP contribution in [0.25, 0.3) is 0 Å². The molecule has 7 nitrogen and oxygen atoms in total. The summed E-state index contributed by atoms with van der Waals surface area (Å²) < 4.78 is 39.4. The Kier molecular flexibility index (Phi) is 6.26. The van der Waals surface area contributed by atoms with Crippen molar-refractivity contribution in [3.63, 3.8) is 0 Å². The van der Waals surface area contributed by atoms with Gasteiger partial charge in [0.05, 0.1) is 28.3 Å². The molecule has 0 bridgehead atoms. The molecule has 0 atom stereocenters. The van der Waals surface area contributed by atoms with Crippen molar-refractivity contribution in [2.75, 3.05) is 29.4 Å². The van der Waals surface area contributed by atoms with Crippen molar-refractivity contribution >= 4 is 27.3 Å². The third-order valence-electron chi connectivity index (χ3n) is 4.81. The molecule has 8 heteroatoms. The summed E-state index contributed by atoms with van der Waals surface area (Å²) >= 11 is 0. The van der Waals surface area contributed by atoms with E-state index in [0.29, 0.717) is 36.0 Å². The summed E-state index contributed by atoms with van der Waals surface area (Å²) in [5.74, 6) is 1.08. The van der Waals surface area contributed by atoms with Gasteiger partial charge in [0.15, 0.2) is 0 Å². The van der Waals surface area contributed by atoms with Gasteiger partial charge in [-0.2, -0.15) is 0 Å². The van der Waals surface area contributed by atoms with Gasteiger partial charge in [-0.1, -0.05) is 6.92 Å². The van der Waals surface area contributed by atoms with Crippen molar-refractivity contribution in [3.05, 3.63) is 42.5 Å². The molecular weight excluding hydrogens is 404 g/mol. The molecule has 30 heavy (non-hydrogen) atoms. The Morgan fingerprint density at radius 2 is 1.83 bits per heavy atom. The Labute approximate surface area is 178 Å². The van der Waals surface area contributed by atoms with E-state index in [-0.39, 0.29) is 17.4 Å². The molecule has 0 fully saturated rings. The summed E-state index contributed by atoms with van der Waals surface area (Å²) in [5, 5.41) is 0. The zero-order valence-corrected chi connectivity index (χ0v) is 18.6. The Bertz CT molecular complexity index is 1020. The molecule has 0 spiro atoms. The normalized spacial score (nSPS) is 15.7. The molecule has 162 valence electrons. The number of ether oxygens (including phenoxy) is 2. The maximum atomic E-state index is 12.9. The second-order valence-corrected chi connectivity index (χ2v) is 9.50. The zero-order valence-electron chi connectivity index (χ0n) is 17.8. The lowest BCUT2D eigenvalue weighted by molar-refractivity contribution is -0.127. The molecule has 0 saturated carbocycles. The number of amides is 1. The van der Waals surface area contributed by atoms with Crippen LogP contribution < -0.4 is 19.1 Å². The number of benzene rings is 2. The van der Waals surface area contributed by atoms with E-state index in [4.69, 9.17) is 9.47 Å². The zero-order chi connectivity index (χ0) is 21.9. The van der Waals surface area contributed by atoms with E-state index in [2.05, 4.69) is 4.72 Å². The molecule has 1 aliphatic heterocycles. The first-order valence-corrected chi connectivity index (χ1v) is 11.5. The molecule has 2 aromatic rings. The van der Waals surface area contributed by atoms with Crippen molar-refractivity contribution in [2.45, 2.75) is 39.0 Å². The Morgan fingerprint density at radius 1 is 1.13 bits per heavy atom. The van der Waals surface area contributed by atoms with Crippen LogP contribution in [0.4, 0.5) is 11.4 Å². The number of sulfonamides is 1. The third kappa shape index (κ3) is 4.53. The van der Waals surface area contributed by atoms with E-state index in [1.165, 1.54) is 12.1 Å². The number of anilines is 2. The van der Waals surface area contributed by atoms with Gasteiger partial charge in [-0.15, -0.1) is 0 Å². The van der Waals surface area contributed by atoms with Gasteiger partial charge >= 0.3 is 0 Å². The fourth-order valence-corrected chi connectivity index (χ4v) is 4.30. The van der Waals surface area contributed by atoms with Gasteiger partial charge in [-0.3, -0.25) is 9.52 Å². The van der Waals surface area contributed by atoms with Crippen molar-refractivity contribution in [2.24, 2.45) is 5.41 Å². The number of carbonyl (C=O) groups excluding carboxylic acids is 1. The van der Waals surface area contributed by atoms with Crippen molar-refractivity contribution in [1.82, 2.24) is 0 Å². The first-order chi connectivity index (χ1) is 14.2. The molecule has 2 aromatic carbocycles. The maximum absolute atomic E-state index is 12.9. The van der Waals surface area contributed by atoms with Crippen LogP contribution in [0.3, 0.4) is 0 Å². The van der Waals surface area contributed by atoms with Gasteiger partial charge in [0, 0.05) is 12.6 Å². The molecule has 3 rings (SSSR count). The number of fused-ring (bicyclic) bond motifs is 1. The number of nitrogens with one attached hydrogen (secondary N) is 1. The largest absolute Gasteiger partial charge is 0.494 e. The summed E-state index contributed by atoms with van der Waals surface area (Å²) in [7, 11) is -3.78. The van der Waals surface area contributed by atoms with E-state index in [9.17, 15) is 13.2 Å². The lowest BCUT2D eigenvalue weighted by Gasteiger charge is -2.27. The monoisotopic (exact) mass is 432 g/mol. The fourth-order valence-electron chi connectivity index (χ4n) is 3.25. The number of hydrogen-bond acceptors (Lipinski definition) is 5. The molecule has 1 heterocycles. The van der Waals surface area contributed by atoms with E-state index in [0.717, 1.165) is 6.42 Å². The van der Waals surface area contributed by atoms with Crippen LogP contribution in [0.15, 0.2) is 47.4 Å². The highest BCUT2D eigenvalue weighted by atomic mass is 32.2. The second kappa shape index (κ2) is 8.55. The van der Waals surface area contributed by atoms with Gasteiger partial charge < -0.3 is 14.4 Å². The Hall–Kier alpha value is -2.74. The average molecular weight is 433 g/mol. The van der Waals surface area contributed by atoms with Crippen LogP contribution in [0.1, 0.15) is 34.1 Å². The van der Waals surface area contributed by atoms with Gasteiger partial charge in [0.1, 0.15) is 18.1 Å². The van der Waals surface area contributed by atoms with Crippen molar-refractivity contribution in [3.8, 4) is 11.5 Å². The predicted molar refractivity (Wildman–Crippen MR) is 117 cm³/mol. The topological polar surface area (TPSA) is 84.9 Å². The van der Waals surface area contributed by atoms with Gasteiger partial charge in [0.25, 0.3) is 10.0 Å². The van der Waals surface area contributed by atoms with Crippen LogP contribution >= 0.6 is 0 Å². The third-order valence-corrected chi connectivity index (χ3v) is 6.20. The van der Waals surface area contributed by atoms with Crippen LogP contribution in [0.5, 0.6) is 11.5 Å². The van der Waals surface area contributed by atoms with Gasteiger partial charge in [0.2, 0.25) is 5.91 Å². The first kappa shape index (κ1) is 22.0.